The molecule has 1 heterocycles. The third-order valence-corrected chi connectivity index (χ3v) is 3.88. The third kappa shape index (κ3) is 6.33. The van der Waals surface area contributed by atoms with Crippen molar-refractivity contribution < 1.29 is 9.18 Å². The number of aromatic nitrogens is 1. The smallest absolute Gasteiger partial charge is 0.271 e. The van der Waals surface area contributed by atoms with Gasteiger partial charge in [0, 0.05) is 30.6 Å². The quantitative estimate of drug-likeness (QED) is 0.789. The highest BCUT2D eigenvalue weighted by Gasteiger charge is 2.11. The molecule has 0 saturated heterocycles. The van der Waals surface area contributed by atoms with Crippen molar-refractivity contribution in [3.05, 3.63) is 51.2 Å². The summed E-state index contributed by atoms with van der Waals surface area (Å²) in [5.41, 5.74) is 7.29. The second kappa shape index (κ2) is 10.6. The van der Waals surface area contributed by atoms with Crippen LogP contribution in [0.15, 0.2) is 23.6 Å². The fourth-order valence-electron chi connectivity index (χ4n) is 1.98. The molecule has 0 bridgehead atoms. The molecule has 134 valence electrons. The predicted octanol–water partition coefficient (Wildman–Crippen LogP) is 2.58. The van der Waals surface area contributed by atoms with Gasteiger partial charge in [0.2, 0.25) is 0 Å². The Hall–Kier alpha value is -1.25. The Morgan fingerprint density at radius 2 is 2.08 bits per heavy atom. The van der Waals surface area contributed by atoms with E-state index in [0.717, 1.165) is 10.6 Å². The SMILES string of the molecule is CN(C)Cc1cc(CNC(=O)c2csc(CN)n2)ccc1F.Cl.Cl. The van der Waals surface area contributed by atoms with Crippen molar-refractivity contribution in [3.8, 4) is 0 Å². The molecule has 2 rings (SSSR count). The number of carbonyl (C=O) groups excluding carboxylic acids is 1. The number of amides is 1. The van der Waals surface area contributed by atoms with Crippen LogP contribution in [0.25, 0.3) is 0 Å². The van der Waals surface area contributed by atoms with Gasteiger partial charge in [-0.25, -0.2) is 9.37 Å². The van der Waals surface area contributed by atoms with Crippen molar-refractivity contribution in [2.24, 2.45) is 5.73 Å². The first-order chi connectivity index (χ1) is 10.5. The highest BCUT2D eigenvalue weighted by atomic mass is 35.5. The van der Waals surface area contributed by atoms with Gasteiger partial charge in [0.1, 0.15) is 16.5 Å². The molecule has 0 aliphatic heterocycles. The molecule has 1 aromatic carbocycles. The number of nitrogens with zero attached hydrogens (tertiary/aromatic N) is 2. The van der Waals surface area contributed by atoms with Crippen LogP contribution in [0.3, 0.4) is 0 Å². The Labute approximate surface area is 157 Å². The topological polar surface area (TPSA) is 71.2 Å². The van der Waals surface area contributed by atoms with Gasteiger partial charge in [-0.2, -0.15) is 0 Å². The summed E-state index contributed by atoms with van der Waals surface area (Å²) in [6, 6.07) is 4.86. The second-order valence-electron chi connectivity index (χ2n) is 5.18. The van der Waals surface area contributed by atoms with E-state index < -0.39 is 0 Å². The van der Waals surface area contributed by atoms with Crippen LogP contribution in [-0.2, 0) is 19.6 Å². The number of nitrogens with one attached hydrogen (secondary N) is 1. The summed E-state index contributed by atoms with van der Waals surface area (Å²) in [6.07, 6.45) is 0. The number of carbonyl (C=O) groups is 1. The molecule has 24 heavy (non-hydrogen) atoms. The molecule has 0 fully saturated rings. The number of nitrogens with two attached hydrogens (primary N) is 1. The fourth-order valence-corrected chi connectivity index (χ4v) is 2.64. The Morgan fingerprint density at radius 3 is 2.67 bits per heavy atom. The maximum Gasteiger partial charge on any atom is 0.271 e. The fraction of sp³-hybridized carbons (Fsp3) is 0.333. The summed E-state index contributed by atoms with van der Waals surface area (Å²) < 4.78 is 13.7. The van der Waals surface area contributed by atoms with Crippen LogP contribution >= 0.6 is 36.2 Å². The van der Waals surface area contributed by atoms with E-state index in [1.807, 2.05) is 19.0 Å². The van der Waals surface area contributed by atoms with Gasteiger partial charge >= 0.3 is 0 Å². The first-order valence-electron chi connectivity index (χ1n) is 6.84. The van der Waals surface area contributed by atoms with Crippen LogP contribution in [0.2, 0.25) is 0 Å². The lowest BCUT2D eigenvalue weighted by atomic mass is 10.1. The van der Waals surface area contributed by atoms with Gasteiger partial charge in [-0.3, -0.25) is 4.79 Å². The van der Waals surface area contributed by atoms with Crippen molar-refractivity contribution in [1.82, 2.24) is 15.2 Å². The highest BCUT2D eigenvalue weighted by Crippen LogP contribution is 2.13. The van der Waals surface area contributed by atoms with Gasteiger partial charge in [0.25, 0.3) is 5.91 Å². The first-order valence-corrected chi connectivity index (χ1v) is 7.72. The average molecular weight is 395 g/mol. The zero-order valence-electron chi connectivity index (χ0n) is 13.4. The normalized spacial score (nSPS) is 10.0. The Morgan fingerprint density at radius 1 is 1.38 bits per heavy atom. The number of benzene rings is 1. The first kappa shape index (κ1) is 22.8. The van der Waals surface area contributed by atoms with Gasteiger partial charge in [-0.1, -0.05) is 6.07 Å². The Kier molecular flexibility index (Phi) is 10.0. The van der Waals surface area contributed by atoms with E-state index in [4.69, 9.17) is 5.73 Å². The molecule has 0 atom stereocenters. The molecule has 0 radical (unpaired) electrons. The Bertz CT molecular complexity index is 667. The molecule has 0 unspecified atom stereocenters. The van der Waals surface area contributed by atoms with Crippen molar-refractivity contribution in [1.29, 1.82) is 0 Å². The molecule has 5 nitrogen and oxygen atoms in total. The predicted molar refractivity (Wildman–Crippen MR) is 99.5 cm³/mol. The van der Waals surface area contributed by atoms with Crippen LogP contribution in [0.5, 0.6) is 0 Å². The van der Waals surface area contributed by atoms with E-state index in [9.17, 15) is 9.18 Å². The van der Waals surface area contributed by atoms with E-state index in [1.54, 1.807) is 17.5 Å². The number of rotatable bonds is 6. The van der Waals surface area contributed by atoms with E-state index in [1.165, 1.54) is 17.4 Å². The molecule has 0 aliphatic carbocycles. The minimum Gasteiger partial charge on any atom is -0.347 e. The maximum atomic E-state index is 13.7. The second-order valence-corrected chi connectivity index (χ2v) is 6.12. The number of thiazole rings is 1. The van der Waals surface area contributed by atoms with Gasteiger partial charge in [-0.05, 0) is 31.8 Å². The average Bonchev–Trinajstić information content (AvgIpc) is 2.96. The van der Waals surface area contributed by atoms with Crippen molar-refractivity contribution in [2.75, 3.05) is 14.1 Å². The molecular formula is C15H21Cl2FN4OS. The van der Waals surface area contributed by atoms with Gasteiger partial charge in [0.15, 0.2) is 0 Å². The molecule has 0 saturated carbocycles. The molecule has 1 aromatic heterocycles. The van der Waals surface area contributed by atoms with Gasteiger partial charge < -0.3 is 16.0 Å². The van der Waals surface area contributed by atoms with Crippen LogP contribution < -0.4 is 11.1 Å². The van der Waals surface area contributed by atoms with E-state index in [2.05, 4.69) is 10.3 Å². The summed E-state index contributed by atoms with van der Waals surface area (Å²) in [7, 11) is 3.76. The summed E-state index contributed by atoms with van der Waals surface area (Å²) in [4.78, 5) is 18.0. The number of hydrogen-bond donors (Lipinski definition) is 2. The lowest BCUT2D eigenvalue weighted by Gasteiger charge is -2.12. The lowest BCUT2D eigenvalue weighted by molar-refractivity contribution is 0.0946. The summed E-state index contributed by atoms with van der Waals surface area (Å²) >= 11 is 1.36. The zero-order chi connectivity index (χ0) is 16.1. The summed E-state index contributed by atoms with van der Waals surface area (Å²) in [6.45, 7) is 1.17. The van der Waals surface area contributed by atoms with Crippen molar-refractivity contribution in [3.63, 3.8) is 0 Å². The monoisotopic (exact) mass is 394 g/mol. The largest absolute Gasteiger partial charge is 0.347 e. The highest BCUT2D eigenvalue weighted by molar-refractivity contribution is 7.09. The van der Waals surface area contributed by atoms with E-state index in [-0.39, 0.29) is 36.5 Å². The van der Waals surface area contributed by atoms with Crippen LogP contribution in [0, 0.1) is 5.82 Å². The lowest BCUT2D eigenvalue weighted by Crippen LogP contribution is -2.23. The van der Waals surface area contributed by atoms with E-state index in [0.29, 0.717) is 30.9 Å². The molecule has 9 heteroatoms. The summed E-state index contributed by atoms with van der Waals surface area (Å²) in [5, 5.41) is 5.18. The minimum absolute atomic E-state index is 0. The third-order valence-electron chi connectivity index (χ3n) is 3.01. The maximum absolute atomic E-state index is 13.7. The van der Waals surface area contributed by atoms with Crippen LogP contribution in [0.4, 0.5) is 4.39 Å². The number of halogens is 3. The molecule has 1 amide bonds. The van der Waals surface area contributed by atoms with Gasteiger partial charge in [-0.15, -0.1) is 36.2 Å². The van der Waals surface area contributed by atoms with Crippen molar-refractivity contribution >= 4 is 42.1 Å². The number of hydrogen-bond acceptors (Lipinski definition) is 5. The van der Waals surface area contributed by atoms with Crippen LogP contribution in [0.1, 0.15) is 26.6 Å². The molecule has 2 aromatic rings. The molecule has 3 N–H and O–H groups in total. The van der Waals surface area contributed by atoms with Crippen LogP contribution in [-0.4, -0.2) is 29.9 Å². The molecule has 0 spiro atoms. The summed E-state index contributed by atoms with van der Waals surface area (Å²) in [5.74, 6) is -0.495. The van der Waals surface area contributed by atoms with Gasteiger partial charge in [0.05, 0.1) is 0 Å². The molecule has 0 aliphatic rings. The van der Waals surface area contributed by atoms with Crippen molar-refractivity contribution in [2.45, 2.75) is 19.6 Å². The van der Waals surface area contributed by atoms with E-state index >= 15 is 0 Å². The minimum atomic E-state index is -0.255. The zero-order valence-corrected chi connectivity index (χ0v) is 15.9. The standard InChI is InChI=1S/C15H19FN4OS.2ClH/c1-20(2)8-11-5-10(3-4-12(11)16)7-18-15(21)13-9-22-14(6-17)19-13;;/h3-5,9H,6-8,17H2,1-2H3,(H,18,21);2*1H. The Balaban J connectivity index is 0.00000264. The molecular weight excluding hydrogens is 374 g/mol.